The number of hydrogen-bond acceptors (Lipinski definition) is 0. The molecule has 0 aliphatic carbocycles. The van der Waals surface area contributed by atoms with Crippen LogP contribution in [0.5, 0.6) is 0 Å². The van der Waals surface area contributed by atoms with Crippen LogP contribution in [0.3, 0.4) is 0 Å². The zero-order valence-electron chi connectivity index (χ0n) is 16.1. The summed E-state index contributed by atoms with van der Waals surface area (Å²) in [6.45, 7) is 0. The van der Waals surface area contributed by atoms with Crippen molar-refractivity contribution in [3.63, 3.8) is 0 Å². The van der Waals surface area contributed by atoms with E-state index in [4.69, 9.17) is 0 Å². The van der Waals surface area contributed by atoms with E-state index in [1.165, 1.54) is 59.9 Å². The molecule has 2 heteroatoms. The maximum Gasteiger partial charge on any atom is 0.0584 e. The SMILES string of the molecule is Cn1c2ccccc2c2ccc3c(cc4c5ccccc5c5ccccc5n43)c21. The van der Waals surface area contributed by atoms with Gasteiger partial charge in [0, 0.05) is 39.5 Å². The molecule has 0 bridgehead atoms. The van der Waals surface area contributed by atoms with Crippen molar-refractivity contribution in [3.8, 4) is 0 Å². The van der Waals surface area contributed by atoms with E-state index in [0.29, 0.717) is 0 Å². The van der Waals surface area contributed by atoms with Crippen molar-refractivity contribution in [1.29, 1.82) is 0 Å². The molecule has 0 aliphatic rings. The molecule has 0 unspecified atom stereocenters. The van der Waals surface area contributed by atoms with Gasteiger partial charge in [0.1, 0.15) is 0 Å². The summed E-state index contributed by atoms with van der Waals surface area (Å²) in [6, 6.07) is 33.1. The number of benzene rings is 4. The minimum Gasteiger partial charge on any atom is -0.343 e. The van der Waals surface area contributed by atoms with E-state index in [2.05, 4.69) is 107 Å². The summed E-state index contributed by atoms with van der Waals surface area (Å²) >= 11 is 0. The first-order valence-electron chi connectivity index (χ1n) is 10.0. The van der Waals surface area contributed by atoms with E-state index in [9.17, 15) is 0 Å². The highest BCUT2D eigenvalue weighted by atomic mass is 15.0. The van der Waals surface area contributed by atoms with Gasteiger partial charge in [-0.2, -0.15) is 0 Å². The van der Waals surface area contributed by atoms with Crippen LogP contribution in [0.4, 0.5) is 0 Å². The van der Waals surface area contributed by atoms with Gasteiger partial charge in [0.05, 0.1) is 22.1 Å². The monoisotopic (exact) mass is 370 g/mol. The lowest BCUT2D eigenvalue weighted by molar-refractivity contribution is 1.02. The average Bonchev–Trinajstić information content (AvgIpc) is 3.31. The number of nitrogens with zero attached hydrogens (tertiary/aromatic N) is 2. The molecule has 0 spiro atoms. The molecule has 3 aromatic heterocycles. The van der Waals surface area contributed by atoms with Crippen LogP contribution in [-0.4, -0.2) is 8.97 Å². The van der Waals surface area contributed by atoms with Crippen LogP contribution < -0.4 is 0 Å². The minimum absolute atomic E-state index is 1.26. The molecule has 7 rings (SSSR count). The Kier molecular flexibility index (Phi) is 2.71. The second kappa shape index (κ2) is 5.18. The molecular formula is C27H18N2. The first-order chi connectivity index (χ1) is 14.3. The highest BCUT2D eigenvalue weighted by Crippen LogP contribution is 2.38. The summed E-state index contributed by atoms with van der Waals surface area (Å²) in [5.74, 6) is 0. The second-order valence-corrected chi connectivity index (χ2v) is 7.90. The minimum atomic E-state index is 1.26. The van der Waals surface area contributed by atoms with E-state index >= 15 is 0 Å². The summed E-state index contributed by atoms with van der Waals surface area (Å²) in [5, 5.41) is 7.85. The molecule has 0 N–H and O–H groups in total. The third-order valence-corrected chi connectivity index (χ3v) is 6.49. The maximum absolute atomic E-state index is 2.43. The number of hydrogen-bond donors (Lipinski definition) is 0. The molecule has 136 valence electrons. The Hall–Kier alpha value is -3.78. The maximum atomic E-state index is 2.43. The quantitative estimate of drug-likeness (QED) is 0.253. The van der Waals surface area contributed by atoms with Gasteiger partial charge in [0.25, 0.3) is 0 Å². The summed E-state index contributed by atoms with van der Waals surface area (Å²) < 4.78 is 4.78. The Morgan fingerprint density at radius 1 is 0.448 bits per heavy atom. The molecule has 29 heavy (non-hydrogen) atoms. The Balaban J connectivity index is 1.84. The summed E-state index contributed by atoms with van der Waals surface area (Å²) in [6.07, 6.45) is 0. The molecule has 0 atom stereocenters. The summed E-state index contributed by atoms with van der Waals surface area (Å²) in [7, 11) is 2.18. The predicted octanol–water partition coefficient (Wildman–Crippen LogP) is 7.04. The average molecular weight is 370 g/mol. The molecular weight excluding hydrogens is 352 g/mol. The Bertz CT molecular complexity index is 1760. The van der Waals surface area contributed by atoms with E-state index in [-0.39, 0.29) is 0 Å². The molecule has 2 nitrogen and oxygen atoms in total. The fraction of sp³-hybridized carbons (Fsp3) is 0.0370. The van der Waals surface area contributed by atoms with Crippen molar-refractivity contribution in [2.24, 2.45) is 7.05 Å². The van der Waals surface area contributed by atoms with Crippen LogP contribution >= 0.6 is 0 Å². The van der Waals surface area contributed by atoms with E-state index in [1.54, 1.807) is 0 Å². The normalized spacial score (nSPS) is 12.3. The van der Waals surface area contributed by atoms with Gasteiger partial charge in [0.15, 0.2) is 0 Å². The molecule has 0 radical (unpaired) electrons. The smallest absolute Gasteiger partial charge is 0.0584 e. The summed E-state index contributed by atoms with van der Waals surface area (Å²) in [5.41, 5.74) is 6.38. The Morgan fingerprint density at radius 2 is 1.00 bits per heavy atom. The first-order valence-corrected chi connectivity index (χ1v) is 10.0. The molecule has 0 saturated carbocycles. The highest BCUT2D eigenvalue weighted by Gasteiger charge is 2.16. The van der Waals surface area contributed by atoms with Crippen LogP contribution in [-0.2, 0) is 7.05 Å². The van der Waals surface area contributed by atoms with E-state index < -0.39 is 0 Å². The zero-order valence-corrected chi connectivity index (χ0v) is 16.1. The first kappa shape index (κ1) is 15.2. The van der Waals surface area contributed by atoms with Crippen molar-refractivity contribution < 1.29 is 0 Å². The number of fused-ring (bicyclic) bond motifs is 12. The Labute approximate surface area is 167 Å². The summed E-state index contributed by atoms with van der Waals surface area (Å²) in [4.78, 5) is 0. The van der Waals surface area contributed by atoms with Gasteiger partial charge in [0.2, 0.25) is 0 Å². The fourth-order valence-corrected chi connectivity index (χ4v) is 5.25. The van der Waals surface area contributed by atoms with E-state index in [0.717, 1.165) is 0 Å². The van der Waals surface area contributed by atoms with Gasteiger partial charge < -0.3 is 8.97 Å². The lowest BCUT2D eigenvalue weighted by Gasteiger charge is -2.09. The number of para-hydroxylation sites is 2. The lowest BCUT2D eigenvalue weighted by atomic mass is 10.1. The topological polar surface area (TPSA) is 9.34 Å². The second-order valence-electron chi connectivity index (χ2n) is 7.90. The largest absolute Gasteiger partial charge is 0.343 e. The van der Waals surface area contributed by atoms with Gasteiger partial charge in [-0.05, 0) is 29.7 Å². The van der Waals surface area contributed by atoms with Crippen LogP contribution in [0, 0.1) is 0 Å². The molecule has 0 saturated heterocycles. The molecule has 0 amide bonds. The number of pyridine rings is 1. The van der Waals surface area contributed by atoms with Crippen molar-refractivity contribution in [3.05, 3.63) is 91.0 Å². The molecule has 0 aliphatic heterocycles. The third-order valence-electron chi connectivity index (χ3n) is 6.49. The molecule has 0 fully saturated rings. The predicted molar refractivity (Wildman–Crippen MR) is 124 cm³/mol. The number of aryl methyl sites for hydroxylation is 1. The van der Waals surface area contributed by atoms with Crippen molar-refractivity contribution >= 4 is 59.9 Å². The fourth-order valence-electron chi connectivity index (χ4n) is 5.25. The Morgan fingerprint density at radius 3 is 1.76 bits per heavy atom. The van der Waals surface area contributed by atoms with Gasteiger partial charge >= 0.3 is 0 Å². The van der Waals surface area contributed by atoms with Gasteiger partial charge in [-0.3, -0.25) is 0 Å². The number of aromatic nitrogens is 2. The van der Waals surface area contributed by atoms with Crippen LogP contribution in [0.25, 0.3) is 59.9 Å². The van der Waals surface area contributed by atoms with Gasteiger partial charge in [-0.15, -0.1) is 0 Å². The van der Waals surface area contributed by atoms with Crippen LogP contribution in [0.15, 0.2) is 91.0 Å². The van der Waals surface area contributed by atoms with Crippen molar-refractivity contribution in [1.82, 2.24) is 8.97 Å². The number of rotatable bonds is 0. The molecule has 7 aromatic rings. The van der Waals surface area contributed by atoms with Crippen LogP contribution in [0.2, 0.25) is 0 Å². The molecule has 3 heterocycles. The van der Waals surface area contributed by atoms with Gasteiger partial charge in [-0.25, -0.2) is 0 Å². The highest BCUT2D eigenvalue weighted by molar-refractivity contribution is 6.22. The van der Waals surface area contributed by atoms with Crippen molar-refractivity contribution in [2.75, 3.05) is 0 Å². The van der Waals surface area contributed by atoms with E-state index in [1.807, 2.05) is 0 Å². The standard InChI is InChI=1S/C27H18N2/c1-28-23-12-6-4-11-20(23)21-14-15-25-22(27(21)28)16-26-19-10-3-2-8-17(19)18-9-5-7-13-24(18)29(25)26/h2-16H,1H3. The molecule has 4 aromatic carbocycles. The van der Waals surface area contributed by atoms with Crippen LogP contribution in [0.1, 0.15) is 0 Å². The third kappa shape index (κ3) is 1.77. The van der Waals surface area contributed by atoms with Gasteiger partial charge in [-0.1, -0.05) is 66.7 Å². The van der Waals surface area contributed by atoms with Crippen molar-refractivity contribution in [2.45, 2.75) is 0 Å². The zero-order chi connectivity index (χ0) is 19.1. The lowest BCUT2D eigenvalue weighted by Crippen LogP contribution is -1.90.